The van der Waals surface area contributed by atoms with Crippen LogP contribution in [0.5, 0.6) is 0 Å². The summed E-state index contributed by atoms with van der Waals surface area (Å²) in [6.07, 6.45) is 10.3. The zero-order chi connectivity index (χ0) is 24.4. The fourth-order valence-corrected chi connectivity index (χ4v) is 4.15. The lowest BCUT2D eigenvalue weighted by Gasteiger charge is -2.39. The fourth-order valence-electron chi connectivity index (χ4n) is 4.15. The molecule has 0 radical (unpaired) electrons. The SMILES string of the molecule is C=C(N=C(c1cnn(C(CC)CC)c1)c1ccnn1C)c1cnn(C2CN(C(=O)[C@H](C)O)C2)c1. The molecule has 0 aliphatic carbocycles. The molecule has 3 aromatic heterocycles. The molecule has 0 bridgehead atoms. The molecule has 1 aliphatic rings. The van der Waals surface area contributed by atoms with E-state index < -0.39 is 6.10 Å². The van der Waals surface area contributed by atoms with Gasteiger partial charge in [0.05, 0.1) is 41.6 Å². The molecule has 1 amide bonds. The first kappa shape index (κ1) is 23.6. The Morgan fingerprint density at radius 1 is 1.18 bits per heavy atom. The molecular formula is C24H32N8O2. The van der Waals surface area contributed by atoms with E-state index in [0.29, 0.717) is 24.8 Å². The molecule has 0 saturated carbocycles. The zero-order valence-corrected chi connectivity index (χ0v) is 20.2. The van der Waals surface area contributed by atoms with E-state index in [2.05, 4.69) is 35.7 Å². The number of rotatable bonds is 9. The second-order valence-corrected chi connectivity index (χ2v) is 8.71. The van der Waals surface area contributed by atoms with Crippen molar-refractivity contribution in [3.8, 4) is 0 Å². The first-order valence-corrected chi connectivity index (χ1v) is 11.6. The Bertz CT molecular complexity index is 1190. The Hall–Kier alpha value is -3.53. The van der Waals surface area contributed by atoms with Gasteiger partial charge in [-0.2, -0.15) is 15.3 Å². The van der Waals surface area contributed by atoms with Gasteiger partial charge in [0, 0.05) is 49.9 Å². The van der Waals surface area contributed by atoms with Crippen molar-refractivity contribution in [1.82, 2.24) is 34.2 Å². The monoisotopic (exact) mass is 464 g/mol. The van der Waals surface area contributed by atoms with Crippen molar-refractivity contribution in [3.63, 3.8) is 0 Å². The number of aryl methyl sites for hydroxylation is 1. The minimum absolute atomic E-state index is 0.0722. The number of carbonyl (C=O) groups is 1. The maximum atomic E-state index is 11.9. The third-order valence-electron chi connectivity index (χ3n) is 6.34. The number of aromatic nitrogens is 6. The molecule has 10 nitrogen and oxygen atoms in total. The summed E-state index contributed by atoms with van der Waals surface area (Å²) in [5.41, 5.74) is 3.88. The van der Waals surface area contributed by atoms with E-state index >= 15 is 0 Å². The number of hydrogen-bond acceptors (Lipinski definition) is 6. The smallest absolute Gasteiger partial charge is 0.251 e. The molecule has 180 valence electrons. The molecule has 1 N–H and O–H groups in total. The van der Waals surface area contributed by atoms with Crippen molar-refractivity contribution in [2.45, 2.75) is 51.8 Å². The second kappa shape index (κ2) is 9.76. The highest BCUT2D eigenvalue weighted by atomic mass is 16.3. The van der Waals surface area contributed by atoms with Gasteiger partial charge >= 0.3 is 0 Å². The number of nitrogens with zero attached hydrogens (tertiary/aromatic N) is 8. The highest BCUT2D eigenvalue weighted by Gasteiger charge is 2.34. The van der Waals surface area contributed by atoms with Crippen LogP contribution < -0.4 is 0 Å². The van der Waals surface area contributed by atoms with Gasteiger partial charge in [-0.25, -0.2) is 4.99 Å². The van der Waals surface area contributed by atoms with Crippen LogP contribution in [0, 0.1) is 0 Å². The number of aliphatic hydroxyl groups is 1. The van der Waals surface area contributed by atoms with E-state index in [1.165, 1.54) is 6.92 Å². The second-order valence-electron chi connectivity index (χ2n) is 8.71. The van der Waals surface area contributed by atoms with E-state index in [1.807, 2.05) is 41.1 Å². The van der Waals surface area contributed by atoms with Crippen molar-refractivity contribution >= 4 is 17.3 Å². The van der Waals surface area contributed by atoms with Crippen molar-refractivity contribution in [2.75, 3.05) is 13.1 Å². The molecule has 0 unspecified atom stereocenters. The predicted molar refractivity (Wildman–Crippen MR) is 129 cm³/mol. The lowest BCUT2D eigenvalue weighted by Crippen LogP contribution is -2.53. The Labute approximate surface area is 199 Å². The van der Waals surface area contributed by atoms with Gasteiger partial charge in [0.15, 0.2) is 0 Å². The summed E-state index contributed by atoms with van der Waals surface area (Å²) >= 11 is 0. The summed E-state index contributed by atoms with van der Waals surface area (Å²) in [7, 11) is 1.88. The van der Waals surface area contributed by atoms with E-state index in [0.717, 1.165) is 35.4 Å². The number of amides is 1. The number of aliphatic hydroxyl groups excluding tert-OH is 1. The van der Waals surface area contributed by atoms with Crippen LogP contribution >= 0.6 is 0 Å². The minimum Gasteiger partial charge on any atom is -0.384 e. The third-order valence-corrected chi connectivity index (χ3v) is 6.34. The van der Waals surface area contributed by atoms with E-state index in [4.69, 9.17) is 4.99 Å². The predicted octanol–water partition coefficient (Wildman–Crippen LogP) is 2.45. The number of hydrogen-bond donors (Lipinski definition) is 1. The van der Waals surface area contributed by atoms with E-state index in [1.54, 1.807) is 22.0 Å². The van der Waals surface area contributed by atoms with Gasteiger partial charge in [0.2, 0.25) is 0 Å². The van der Waals surface area contributed by atoms with Gasteiger partial charge in [-0.3, -0.25) is 18.8 Å². The Balaban J connectivity index is 1.57. The maximum absolute atomic E-state index is 11.9. The van der Waals surface area contributed by atoms with Gasteiger partial charge in [-0.15, -0.1) is 0 Å². The summed E-state index contributed by atoms with van der Waals surface area (Å²) < 4.78 is 5.61. The summed E-state index contributed by atoms with van der Waals surface area (Å²) in [6.45, 7) is 11.0. The van der Waals surface area contributed by atoms with Gasteiger partial charge < -0.3 is 10.0 Å². The summed E-state index contributed by atoms with van der Waals surface area (Å²) in [4.78, 5) is 18.4. The molecule has 34 heavy (non-hydrogen) atoms. The molecule has 1 fully saturated rings. The first-order chi connectivity index (χ1) is 16.3. The number of carbonyl (C=O) groups excluding carboxylic acids is 1. The Morgan fingerprint density at radius 2 is 1.88 bits per heavy atom. The van der Waals surface area contributed by atoms with Crippen molar-refractivity contribution in [3.05, 3.63) is 60.5 Å². The fraction of sp³-hybridized carbons (Fsp3) is 0.458. The van der Waals surface area contributed by atoms with Crippen LogP contribution in [-0.4, -0.2) is 70.2 Å². The summed E-state index contributed by atoms with van der Waals surface area (Å²) in [6, 6.07) is 2.33. The standard InChI is InChI=1S/C24H32N8O2/c1-6-20(7-2)31-13-19(11-27-31)23(22-8-9-25-29(22)5)28-16(3)18-10-26-32(12-18)21-14-30(15-21)24(34)17(4)33/h8-13,17,20-21,33H,3,6-7,14-15H2,1-2,4-5H3/t17-/m0/s1. The first-order valence-electron chi connectivity index (χ1n) is 11.6. The molecule has 4 rings (SSSR count). The third kappa shape index (κ3) is 4.58. The maximum Gasteiger partial charge on any atom is 0.251 e. The average Bonchev–Trinajstić information content (AvgIpc) is 3.53. The van der Waals surface area contributed by atoms with Gasteiger partial charge in [-0.05, 0) is 25.8 Å². The minimum atomic E-state index is -0.983. The summed E-state index contributed by atoms with van der Waals surface area (Å²) in [5, 5.41) is 22.8. The molecule has 1 atom stereocenters. The van der Waals surface area contributed by atoms with Gasteiger partial charge in [0.25, 0.3) is 5.91 Å². The van der Waals surface area contributed by atoms with Crippen LogP contribution in [-0.2, 0) is 11.8 Å². The van der Waals surface area contributed by atoms with Crippen LogP contribution in [0.3, 0.4) is 0 Å². The average molecular weight is 465 g/mol. The van der Waals surface area contributed by atoms with Gasteiger partial charge in [0.1, 0.15) is 6.10 Å². The van der Waals surface area contributed by atoms with Crippen LogP contribution in [0.25, 0.3) is 5.70 Å². The topological polar surface area (TPSA) is 106 Å². The van der Waals surface area contributed by atoms with Crippen LogP contribution in [0.2, 0.25) is 0 Å². The van der Waals surface area contributed by atoms with Gasteiger partial charge in [-0.1, -0.05) is 20.4 Å². The molecule has 0 spiro atoms. The highest BCUT2D eigenvalue weighted by molar-refractivity contribution is 6.13. The molecule has 1 saturated heterocycles. The van der Waals surface area contributed by atoms with Crippen molar-refractivity contribution < 1.29 is 9.90 Å². The number of aliphatic imine (C=N–C) groups is 1. The quantitative estimate of drug-likeness (QED) is 0.490. The van der Waals surface area contributed by atoms with E-state index in [-0.39, 0.29) is 11.9 Å². The van der Waals surface area contributed by atoms with E-state index in [9.17, 15) is 9.90 Å². The molecule has 4 heterocycles. The van der Waals surface area contributed by atoms with Crippen LogP contribution in [0.15, 0.2) is 48.6 Å². The lowest BCUT2D eigenvalue weighted by atomic mass is 10.1. The molecule has 0 aromatic carbocycles. The highest BCUT2D eigenvalue weighted by Crippen LogP contribution is 2.25. The molecular weight excluding hydrogens is 432 g/mol. The Morgan fingerprint density at radius 3 is 2.50 bits per heavy atom. The number of likely N-dealkylation sites (tertiary alicyclic amines) is 1. The lowest BCUT2D eigenvalue weighted by molar-refractivity contribution is -0.145. The van der Waals surface area contributed by atoms with Crippen molar-refractivity contribution in [1.29, 1.82) is 0 Å². The molecule has 3 aromatic rings. The van der Waals surface area contributed by atoms with Crippen molar-refractivity contribution in [2.24, 2.45) is 12.0 Å². The Kier molecular flexibility index (Phi) is 6.78. The van der Waals surface area contributed by atoms with Crippen LogP contribution in [0.1, 0.15) is 62.5 Å². The van der Waals surface area contributed by atoms with Crippen LogP contribution in [0.4, 0.5) is 0 Å². The summed E-state index contributed by atoms with van der Waals surface area (Å²) in [5.74, 6) is -0.257. The normalized spacial score (nSPS) is 15.6. The molecule has 10 heteroatoms. The molecule has 1 aliphatic heterocycles. The zero-order valence-electron chi connectivity index (χ0n) is 20.2. The largest absolute Gasteiger partial charge is 0.384 e.